The van der Waals surface area contributed by atoms with Gasteiger partial charge in [-0.3, -0.25) is 9.59 Å². The van der Waals surface area contributed by atoms with E-state index in [0.717, 1.165) is 58.5 Å². The van der Waals surface area contributed by atoms with Gasteiger partial charge in [-0.15, -0.1) is 6.58 Å². The smallest absolute Gasteiger partial charge is 0.165 e. The summed E-state index contributed by atoms with van der Waals surface area (Å²) in [5.41, 5.74) is 7.30. The van der Waals surface area contributed by atoms with E-state index in [-0.39, 0.29) is 22.4 Å². The predicted octanol–water partition coefficient (Wildman–Crippen LogP) is 9.97. The van der Waals surface area contributed by atoms with Gasteiger partial charge >= 0.3 is 0 Å². The lowest BCUT2D eigenvalue weighted by Crippen LogP contribution is -2.45. The molecule has 2 aliphatic carbocycles. The second-order valence-corrected chi connectivity index (χ2v) is 15.7. The van der Waals surface area contributed by atoms with E-state index in [1.807, 2.05) is 49.4 Å². The molecule has 3 aliphatic rings. The Morgan fingerprint density at radius 1 is 0.837 bits per heavy atom. The van der Waals surface area contributed by atoms with Crippen molar-refractivity contribution < 1.29 is 19.1 Å². The van der Waals surface area contributed by atoms with Crippen LogP contribution in [0.1, 0.15) is 88.5 Å². The summed E-state index contributed by atoms with van der Waals surface area (Å²) in [7, 11) is 0. The van der Waals surface area contributed by atoms with E-state index >= 15 is 0 Å². The summed E-state index contributed by atoms with van der Waals surface area (Å²) < 4.78 is 12.7. The third-order valence-corrected chi connectivity index (χ3v) is 10.2. The van der Waals surface area contributed by atoms with Crippen molar-refractivity contribution in [2.75, 3.05) is 13.2 Å². The Kier molecular flexibility index (Phi) is 9.95. The van der Waals surface area contributed by atoms with E-state index in [0.29, 0.717) is 55.5 Å². The molecule has 0 radical (unpaired) electrons. The van der Waals surface area contributed by atoms with Gasteiger partial charge in [-0.05, 0) is 78.3 Å². The van der Waals surface area contributed by atoms with Gasteiger partial charge in [0.2, 0.25) is 0 Å². The maximum absolute atomic E-state index is 14.4. The molecule has 0 fully saturated rings. The van der Waals surface area contributed by atoms with Crippen LogP contribution >= 0.6 is 11.6 Å². The van der Waals surface area contributed by atoms with E-state index in [4.69, 9.17) is 21.1 Å². The fourth-order valence-corrected chi connectivity index (χ4v) is 7.98. The minimum atomic E-state index is -0.474. The molecule has 0 unspecified atom stereocenters. The fourth-order valence-electron chi connectivity index (χ4n) is 7.86. The fraction of sp³-hybridized carbons (Fsp3) is 0.395. The Morgan fingerprint density at radius 3 is 2.02 bits per heavy atom. The third kappa shape index (κ3) is 7.43. The zero-order chi connectivity index (χ0) is 34.9. The van der Waals surface area contributed by atoms with E-state index < -0.39 is 5.92 Å². The Labute approximate surface area is 296 Å². The first-order chi connectivity index (χ1) is 23.4. The zero-order valence-corrected chi connectivity index (χ0v) is 30.3. The minimum Gasteiger partial charge on any atom is -0.490 e. The van der Waals surface area contributed by atoms with Gasteiger partial charge in [0, 0.05) is 58.4 Å². The maximum atomic E-state index is 14.4. The second kappa shape index (κ2) is 14.0. The first-order valence-electron chi connectivity index (χ1n) is 17.5. The van der Waals surface area contributed by atoms with Crippen molar-refractivity contribution in [2.45, 2.75) is 85.7 Å². The Morgan fingerprint density at radius 2 is 1.45 bits per heavy atom. The van der Waals surface area contributed by atoms with Gasteiger partial charge in [0.1, 0.15) is 6.61 Å². The van der Waals surface area contributed by atoms with Gasteiger partial charge in [-0.25, -0.2) is 0 Å². The molecule has 6 heteroatoms. The molecule has 1 heterocycles. The molecule has 0 N–H and O–H groups in total. The van der Waals surface area contributed by atoms with Crippen LogP contribution < -0.4 is 9.47 Å². The van der Waals surface area contributed by atoms with Crippen molar-refractivity contribution in [3.63, 3.8) is 0 Å². The Bertz CT molecular complexity index is 1760. The van der Waals surface area contributed by atoms with Crippen molar-refractivity contribution in [2.24, 2.45) is 10.8 Å². The molecule has 3 aromatic rings. The summed E-state index contributed by atoms with van der Waals surface area (Å²) in [6.45, 7) is 16.2. The summed E-state index contributed by atoms with van der Waals surface area (Å²) in [6, 6.07) is 22.2. The molecule has 0 aromatic heterocycles. The first-order valence-corrected chi connectivity index (χ1v) is 17.9. The molecule has 5 nitrogen and oxygen atoms in total. The van der Waals surface area contributed by atoms with Crippen LogP contribution in [0.25, 0.3) is 0 Å². The predicted molar refractivity (Wildman–Crippen MR) is 197 cm³/mol. The van der Waals surface area contributed by atoms with E-state index in [1.54, 1.807) is 0 Å². The van der Waals surface area contributed by atoms with Gasteiger partial charge in [0.15, 0.2) is 23.1 Å². The number of nitrogens with zero attached hydrogens (tertiary/aromatic N) is 1. The van der Waals surface area contributed by atoms with Gasteiger partial charge < -0.3 is 14.4 Å². The summed E-state index contributed by atoms with van der Waals surface area (Å²) in [6.07, 6.45) is 5.64. The number of halogens is 1. The maximum Gasteiger partial charge on any atom is 0.165 e. The van der Waals surface area contributed by atoms with E-state index in [9.17, 15) is 9.59 Å². The normalized spacial score (nSPS) is 18.7. The third-order valence-electron chi connectivity index (χ3n) is 9.94. The standard InChI is InChI=1S/C43H48ClNO4/c1-7-12-30-21-31(22-37(48-8-2)41(30)49-27-29-15-17-32(44)18-16-29)38-39-33(23-42(3,4)25-35(39)46)45(20-19-28-13-10-9-11-14-28)34-24-43(5,6)26-36(47)40(34)38/h7,9-11,13-18,21-22,38H,1,8,12,19-20,23-27H2,2-6H3. The monoisotopic (exact) mass is 677 g/mol. The first kappa shape index (κ1) is 34.8. The number of hydrogen-bond donors (Lipinski definition) is 0. The molecule has 0 amide bonds. The lowest BCUT2D eigenvalue weighted by Gasteiger charge is -2.49. The average molecular weight is 678 g/mol. The highest BCUT2D eigenvalue weighted by Gasteiger charge is 2.49. The molecular formula is C43H48ClNO4. The molecule has 0 saturated heterocycles. The number of hydrogen-bond acceptors (Lipinski definition) is 5. The van der Waals surface area contributed by atoms with E-state index in [1.165, 1.54) is 5.56 Å². The van der Waals surface area contributed by atoms with Crippen molar-refractivity contribution >= 4 is 23.2 Å². The van der Waals surface area contributed by atoms with Gasteiger partial charge in [0.05, 0.1) is 6.61 Å². The van der Waals surface area contributed by atoms with Gasteiger partial charge in [-0.1, -0.05) is 93.9 Å². The molecule has 6 rings (SSSR count). The lowest BCUT2D eigenvalue weighted by atomic mass is 9.63. The van der Waals surface area contributed by atoms with Crippen molar-refractivity contribution in [1.29, 1.82) is 0 Å². The van der Waals surface area contributed by atoms with Crippen LogP contribution in [-0.2, 0) is 29.0 Å². The Hall–Kier alpha value is -4.09. The number of rotatable bonds is 11. The number of carbonyl (C=O) groups excluding carboxylic acids is 2. The molecule has 3 aromatic carbocycles. The molecule has 0 saturated carbocycles. The van der Waals surface area contributed by atoms with Crippen LogP contribution in [-0.4, -0.2) is 29.6 Å². The summed E-state index contributed by atoms with van der Waals surface area (Å²) >= 11 is 6.13. The van der Waals surface area contributed by atoms with Crippen LogP contribution in [0, 0.1) is 10.8 Å². The number of carbonyl (C=O) groups is 2. The molecule has 49 heavy (non-hydrogen) atoms. The van der Waals surface area contributed by atoms with E-state index in [2.05, 4.69) is 69.5 Å². The van der Waals surface area contributed by atoms with Crippen molar-refractivity contribution in [1.82, 2.24) is 4.90 Å². The number of benzene rings is 3. The summed E-state index contributed by atoms with van der Waals surface area (Å²) in [5.74, 6) is 1.02. The SMILES string of the molecule is C=CCc1cc(C2C3=C(CC(C)(C)CC3=O)N(CCc3ccccc3)C3=C2C(=O)CC(C)(C)C3)cc(OCC)c1OCc1ccc(Cl)cc1. The molecule has 0 atom stereocenters. The van der Waals surface area contributed by atoms with Crippen LogP contribution in [0.5, 0.6) is 11.5 Å². The number of ether oxygens (including phenoxy) is 2. The second-order valence-electron chi connectivity index (χ2n) is 15.3. The Balaban J connectivity index is 1.52. The topological polar surface area (TPSA) is 55.8 Å². The summed E-state index contributed by atoms with van der Waals surface area (Å²) in [5, 5.41) is 0.671. The molecule has 0 bridgehead atoms. The molecule has 256 valence electrons. The largest absolute Gasteiger partial charge is 0.490 e. The molecule has 0 spiro atoms. The van der Waals surface area contributed by atoms with Crippen LogP contribution in [0.3, 0.4) is 0 Å². The van der Waals surface area contributed by atoms with Crippen molar-refractivity contribution in [3.05, 3.63) is 129 Å². The highest BCUT2D eigenvalue weighted by atomic mass is 35.5. The number of Topliss-reactive ketones (excluding diaryl/α,β-unsaturated/α-hetero) is 2. The average Bonchev–Trinajstić information content (AvgIpc) is 3.03. The van der Waals surface area contributed by atoms with Crippen LogP contribution in [0.15, 0.2) is 102 Å². The number of allylic oxidation sites excluding steroid dienone is 5. The highest BCUT2D eigenvalue weighted by Crippen LogP contribution is 2.55. The van der Waals surface area contributed by atoms with Gasteiger partial charge in [0.25, 0.3) is 0 Å². The number of ketones is 2. The molecular weight excluding hydrogens is 630 g/mol. The summed E-state index contributed by atoms with van der Waals surface area (Å²) in [4.78, 5) is 31.2. The quantitative estimate of drug-likeness (QED) is 0.189. The zero-order valence-electron chi connectivity index (χ0n) is 29.5. The molecule has 1 aliphatic heterocycles. The van der Waals surface area contributed by atoms with Crippen LogP contribution in [0.2, 0.25) is 5.02 Å². The lowest BCUT2D eigenvalue weighted by molar-refractivity contribution is -0.119. The highest BCUT2D eigenvalue weighted by molar-refractivity contribution is 6.30. The van der Waals surface area contributed by atoms with Gasteiger partial charge in [-0.2, -0.15) is 0 Å². The minimum absolute atomic E-state index is 0.122. The van der Waals surface area contributed by atoms with Crippen molar-refractivity contribution in [3.8, 4) is 11.5 Å². The van der Waals surface area contributed by atoms with Crippen LogP contribution in [0.4, 0.5) is 0 Å².